The van der Waals surface area contributed by atoms with Gasteiger partial charge >= 0.3 is 0 Å². The van der Waals surface area contributed by atoms with Crippen molar-refractivity contribution >= 4 is 5.78 Å². The molecule has 0 radical (unpaired) electrons. The summed E-state index contributed by atoms with van der Waals surface area (Å²) in [6, 6.07) is 8.01. The summed E-state index contributed by atoms with van der Waals surface area (Å²) >= 11 is 0. The zero-order valence-electron chi connectivity index (χ0n) is 8.84. The summed E-state index contributed by atoms with van der Waals surface area (Å²) in [6.45, 7) is 4.19. The number of ketones is 1. The first kappa shape index (κ1) is 9.45. The first-order valence-corrected chi connectivity index (χ1v) is 5.30. The zero-order valence-corrected chi connectivity index (χ0v) is 8.84. The predicted octanol–water partition coefficient (Wildman–Crippen LogP) is 3.23. The molecule has 1 atom stereocenters. The van der Waals surface area contributed by atoms with Gasteiger partial charge in [0.2, 0.25) is 0 Å². The van der Waals surface area contributed by atoms with Crippen LogP contribution in [0.5, 0.6) is 0 Å². The van der Waals surface area contributed by atoms with Crippen LogP contribution in [-0.2, 0) is 6.42 Å². The van der Waals surface area contributed by atoms with Crippen molar-refractivity contribution in [2.24, 2.45) is 5.41 Å². The van der Waals surface area contributed by atoms with Crippen molar-refractivity contribution < 1.29 is 4.79 Å². The number of carbonyl (C=O) groups excluding carboxylic acids is 1. The van der Waals surface area contributed by atoms with E-state index in [0.29, 0.717) is 5.78 Å². The van der Waals surface area contributed by atoms with E-state index >= 15 is 0 Å². The number of fused-ring (bicyclic) bond motifs is 1. The van der Waals surface area contributed by atoms with E-state index in [1.165, 1.54) is 5.56 Å². The maximum Gasteiger partial charge on any atom is 0.168 e. The maximum absolute atomic E-state index is 12.2. The number of carbonyl (C=O) groups is 1. The van der Waals surface area contributed by atoms with E-state index in [2.05, 4.69) is 19.9 Å². The second-order valence-corrected chi connectivity index (χ2v) is 4.40. The Morgan fingerprint density at radius 3 is 2.79 bits per heavy atom. The Hall–Kier alpha value is -1.11. The molecule has 1 aromatic carbocycles. The smallest absolute Gasteiger partial charge is 0.168 e. The van der Waals surface area contributed by atoms with E-state index in [1.54, 1.807) is 0 Å². The zero-order chi connectivity index (χ0) is 10.2. The normalized spacial score (nSPS) is 26.0. The molecule has 0 amide bonds. The third kappa shape index (κ3) is 1.28. The molecule has 0 N–H and O–H groups in total. The number of aryl methyl sites for hydroxylation is 1. The van der Waals surface area contributed by atoms with Crippen LogP contribution in [0.4, 0.5) is 0 Å². The third-order valence-electron chi connectivity index (χ3n) is 3.54. The van der Waals surface area contributed by atoms with Crippen LogP contribution in [0.2, 0.25) is 0 Å². The van der Waals surface area contributed by atoms with Crippen LogP contribution in [-0.4, -0.2) is 5.78 Å². The molecule has 1 heteroatoms. The van der Waals surface area contributed by atoms with Gasteiger partial charge in [-0.15, -0.1) is 0 Å². The highest BCUT2D eigenvalue weighted by Crippen LogP contribution is 2.37. The van der Waals surface area contributed by atoms with Gasteiger partial charge in [0.1, 0.15) is 0 Å². The molecule has 1 unspecified atom stereocenters. The van der Waals surface area contributed by atoms with Crippen molar-refractivity contribution in [3.05, 3.63) is 35.4 Å². The molecular formula is C13H16O. The van der Waals surface area contributed by atoms with Crippen molar-refractivity contribution in [1.29, 1.82) is 0 Å². The van der Waals surface area contributed by atoms with Crippen LogP contribution in [0, 0.1) is 5.41 Å². The van der Waals surface area contributed by atoms with Crippen LogP contribution in [0.15, 0.2) is 24.3 Å². The molecule has 0 heterocycles. The quantitative estimate of drug-likeness (QED) is 0.661. The molecule has 0 spiro atoms. The molecule has 1 aliphatic carbocycles. The molecule has 0 aromatic heterocycles. The minimum absolute atomic E-state index is 0.117. The standard InChI is InChI=1S/C13H16O/c1-3-13(2)9-8-10-6-4-5-7-11(10)12(13)14/h4-7H,3,8-9H2,1-2H3. The van der Waals surface area contributed by atoms with Gasteiger partial charge in [0.05, 0.1) is 0 Å². The van der Waals surface area contributed by atoms with Gasteiger partial charge in [0, 0.05) is 11.0 Å². The maximum atomic E-state index is 12.2. The Morgan fingerprint density at radius 1 is 1.36 bits per heavy atom. The molecule has 74 valence electrons. The van der Waals surface area contributed by atoms with E-state index in [-0.39, 0.29) is 5.41 Å². The lowest BCUT2D eigenvalue weighted by Gasteiger charge is -2.32. The number of Topliss-reactive ketones (excluding diaryl/α,β-unsaturated/α-hetero) is 1. The van der Waals surface area contributed by atoms with Gasteiger partial charge in [0.15, 0.2) is 5.78 Å². The van der Waals surface area contributed by atoms with Crippen LogP contribution in [0.1, 0.15) is 42.6 Å². The van der Waals surface area contributed by atoms with Crippen LogP contribution in [0.3, 0.4) is 0 Å². The van der Waals surface area contributed by atoms with Gasteiger partial charge in [-0.1, -0.05) is 38.1 Å². The molecule has 1 aromatic rings. The highest BCUT2D eigenvalue weighted by Gasteiger charge is 2.36. The van der Waals surface area contributed by atoms with Crippen LogP contribution >= 0.6 is 0 Å². The van der Waals surface area contributed by atoms with Crippen LogP contribution < -0.4 is 0 Å². The van der Waals surface area contributed by atoms with Gasteiger partial charge in [-0.05, 0) is 24.8 Å². The predicted molar refractivity (Wildman–Crippen MR) is 57.5 cm³/mol. The Kier molecular flexibility index (Phi) is 2.18. The van der Waals surface area contributed by atoms with Crippen LogP contribution in [0.25, 0.3) is 0 Å². The average Bonchev–Trinajstić information content (AvgIpc) is 2.24. The molecule has 1 aliphatic rings. The van der Waals surface area contributed by atoms with E-state index in [9.17, 15) is 4.79 Å². The third-order valence-corrected chi connectivity index (χ3v) is 3.54. The number of benzene rings is 1. The summed E-state index contributed by atoms with van der Waals surface area (Å²) in [5, 5.41) is 0. The number of hydrogen-bond acceptors (Lipinski definition) is 1. The van der Waals surface area contributed by atoms with Gasteiger partial charge in [-0.2, -0.15) is 0 Å². The highest BCUT2D eigenvalue weighted by molar-refractivity contribution is 6.02. The molecule has 0 saturated carbocycles. The van der Waals surface area contributed by atoms with E-state index in [4.69, 9.17) is 0 Å². The number of hydrogen-bond donors (Lipinski definition) is 0. The molecule has 0 aliphatic heterocycles. The summed E-state index contributed by atoms with van der Waals surface area (Å²) in [7, 11) is 0. The van der Waals surface area contributed by atoms with Gasteiger partial charge in [-0.25, -0.2) is 0 Å². The Bertz CT molecular complexity index is 367. The SMILES string of the molecule is CCC1(C)CCc2ccccc2C1=O. The first-order valence-electron chi connectivity index (χ1n) is 5.30. The topological polar surface area (TPSA) is 17.1 Å². The highest BCUT2D eigenvalue weighted by atomic mass is 16.1. The van der Waals surface area contributed by atoms with Crippen molar-refractivity contribution in [3.8, 4) is 0 Å². The summed E-state index contributed by atoms with van der Waals surface area (Å²) < 4.78 is 0. The first-order chi connectivity index (χ1) is 6.67. The minimum Gasteiger partial charge on any atom is -0.294 e. The largest absolute Gasteiger partial charge is 0.294 e. The van der Waals surface area contributed by atoms with Gasteiger partial charge < -0.3 is 0 Å². The van der Waals surface area contributed by atoms with Gasteiger partial charge in [0.25, 0.3) is 0 Å². The second kappa shape index (κ2) is 3.23. The minimum atomic E-state index is -0.117. The lowest BCUT2D eigenvalue weighted by atomic mass is 9.70. The molecule has 0 saturated heterocycles. The molecule has 0 bridgehead atoms. The average molecular weight is 188 g/mol. The summed E-state index contributed by atoms with van der Waals surface area (Å²) in [6.07, 6.45) is 2.99. The number of rotatable bonds is 1. The lowest BCUT2D eigenvalue weighted by molar-refractivity contribution is 0.0778. The van der Waals surface area contributed by atoms with E-state index in [1.807, 2.05) is 18.2 Å². The fourth-order valence-electron chi connectivity index (χ4n) is 2.15. The summed E-state index contributed by atoms with van der Waals surface area (Å²) in [5.41, 5.74) is 2.06. The van der Waals surface area contributed by atoms with E-state index in [0.717, 1.165) is 24.8 Å². The fraction of sp³-hybridized carbons (Fsp3) is 0.462. The molecule has 1 nitrogen and oxygen atoms in total. The summed E-state index contributed by atoms with van der Waals surface area (Å²) in [4.78, 5) is 12.2. The van der Waals surface area contributed by atoms with Crippen molar-refractivity contribution in [2.45, 2.75) is 33.1 Å². The second-order valence-electron chi connectivity index (χ2n) is 4.40. The molecular weight excluding hydrogens is 172 g/mol. The van der Waals surface area contributed by atoms with Gasteiger partial charge in [-0.3, -0.25) is 4.79 Å². The van der Waals surface area contributed by atoms with E-state index < -0.39 is 0 Å². The summed E-state index contributed by atoms with van der Waals surface area (Å²) in [5.74, 6) is 0.335. The molecule has 2 rings (SSSR count). The fourth-order valence-corrected chi connectivity index (χ4v) is 2.15. The van der Waals surface area contributed by atoms with Crippen molar-refractivity contribution in [2.75, 3.05) is 0 Å². The van der Waals surface area contributed by atoms with Crippen molar-refractivity contribution in [1.82, 2.24) is 0 Å². The Labute approximate surface area is 85.1 Å². The molecule has 0 fully saturated rings. The Balaban J connectivity index is 2.46. The molecule has 14 heavy (non-hydrogen) atoms. The monoisotopic (exact) mass is 188 g/mol. The lowest BCUT2D eigenvalue weighted by Crippen LogP contribution is -2.32. The Morgan fingerprint density at radius 2 is 2.07 bits per heavy atom. The van der Waals surface area contributed by atoms with Crippen molar-refractivity contribution in [3.63, 3.8) is 0 Å².